The lowest BCUT2D eigenvalue weighted by Gasteiger charge is -2.06. The number of anilines is 1. The van der Waals surface area contributed by atoms with E-state index >= 15 is 0 Å². The molecule has 0 bridgehead atoms. The van der Waals surface area contributed by atoms with Gasteiger partial charge in [0.1, 0.15) is 5.69 Å². The number of hydrogen-bond donors (Lipinski definition) is 1. The van der Waals surface area contributed by atoms with E-state index in [0.717, 1.165) is 4.47 Å². The first kappa shape index (κ1) is 14.7. The predicted molar refractivity (Wildman–Crippen MR) is 82.9 cm³/mol. The SMILES string of the molecule is O=C(Nc1ccc(Br)cc1[N+](=O)[O-])c1ccc(Br)cc1. The molecule has 1 amide bonds. The number of rotatable bonds is 3. The summed E-state index contributed by atoms with van der Waals surface area (Å²) in [6, 6.07) is 11.2. The van der Waals surface area contributed by atoms with Gasteiger partial charge >= 0.3 is 0 Å². The highest BCUT2D eigenvalue weighted by atomic mass is 79.9. The predicted octanol–water partition coefficient (Wildman–Crippen LogP) is 4.37. The zero-order chi connectivity index (χ0) is 14.7. The fraction of sp³-hybridized carbons (Fsp3) is 0. The smallest absolute Gasteiger partial charge is 0.293 e. The first-order valence-electron chi connectivity index (χ1n) is 5.48. The Labute approximate surface area is 131 Å². The van der Waals surface area contributed by atoms with E-state index in [-0.39, 0.29) is 11.4 Å². The third kappa shape index (κ3) is 3.43. The van der Waals surface area contributed by atoms with E-state index in [4.69, 9.17) is 0 Å². The summed E-state index contributed by atoms with van der Waals surface area (Å²) < 4.78 is 1.43. The first-order valence-corrected chi connectivity index (χ1v) is 7.07. The fourth-order valence-electron chi connectivity index (χ4n) is 1.56. The molecule has 0 spiro atoms. The first-order chi connectivity index (χ1) is 9.47. The maximum Gasteiger partial charge on any atom is 0.293 e. The molecule has 0 aliphatic rings. The molecule has 0 aliphatic heterocycles. The monoisotopic (exact) mass is 398 g/mol. The lowest BCUT2D eigenvalue weighted by Crippen LogP contribution is -2.13. The van der Waals surface area contributed by atoms with E-state index in [1.54, 1.807) is 30.3 Å². The molecule has 20 heavy (non-hydrogen) atoms. The molecule has 2 rings (SSSR count). The van der Waals surface area contributed by atoms with Gasteiger partial charge in [0.25, 0.3) is 11.6 Å². The van der Waals surface area contributed by atoms with Gasteiger partial charge in [0.2, 0.25) is 0 Å². The molecule has 0 aliphatic carbocycles. The van der Waals surface area contributed by atoms with Crippen molar-refractivity contribution in [2.75, 3.05) is 5.32 Å². The summed E-state index contributed by atoms with van der Waals surface area (Å²) in [6.07, 6.45) is 0. The molecular weight excluding hydrogens is 392 g/mol. The molecule has 2 aromatic carbocycles. The molecule has 0 heterocycles. The second kappa shape index (κ2) is 6.15. The third-order valence-electron chi connectivity index (χ3n) is 2.51. The molecule has 0 atom stereocenters. The lowest BCUT2D eigenvalue weighted by molar-refractivity contribution is -0.384. The Kier molecular flexibility index (Phi) is 4.51. The van der Waals surface area contributed by atoms with Gasteiger partial charge in [-0.15, -0.1) is 0 Å². The van der Waals surface area contributed by atoms with Gasteiger partial charge in [0.15, 0.2) is 0 Å². The topological polar surface area (TPSA) is 72.2 Å². The van der Waals surface area contributed by atoms with Crippen molar-refractivity contribution in [2.24, 2.45) is 0 Å². The van der Waals surface area contributed by atoms with Crippen molar-refractivity contribution in [1.29, 1.82) is 0 Å². The largest absolute Gasteiger partial charge is 0.316 e. The zero-order valence-corrected chi connectivity index (χ0v) is 13.1. The summed E-state index contributed by atoms with van der Waals surface area (Å²) in [6.45, 7) is 0. The molecule has 0 radical (unpaired) electrons. The van der Waals surface area contributed by atoms with Crippen molar-refractivity contribution >= 4 is 49.1 Å². The number of amides is 1. The van der Waals surface area contributed by atoms with Gasteiger partial charge in [0, 0.05) is 20.6 Å². The number of carbonyl (C=O) groups excluding carboxylic acids is 1. The normalized spacial score (nSPS) is 10.1. The highest BCUT2D eigenvalue weighted by molar-refractivity contribution is 9.10. The second-order valence-electron chi connectivity index (χ2n) is 3.88. The lowest BCUT2D eigenvalue weighted by atomic mass is 10.2. The molecule has 2 aromatic rings. The average molecular weight is 400 g/mol. The number of nitro benzene ring substituents is 1. The van der Waals surface area contributed by atoms with E-state index in [1.165, 1.54) is 12.1 Å². The van der Waals surface area contributed by atoms with Gasteiger partial charge in [-0.1, -0.05) is 31.9 Å². The van der Waals surface area contributed by atoms with Crippen LogP contribution in [0.3, 0.4) is 0 Å². The Balaban J connectivity index is 2.28. The van der Waals surface area contributed by atoms with Crippen LogP contribution in [0.1, 0.15) is 10.4 Å². The van der Waals surface area contributed by atoms with Crippen LogP contribution < -0.4 is 5.32 Å². The number of nitro groups is 1. The Hall–Kier alpha value is -1.73. The van der Waals surface area contributed by atoms with E-state index < -0.39 is 10.8 Å². The van der Waals surface area contributed by atoms with Crippen LogP contribution in [-0.4, -0.2) is 10.8 Å². The summed E-state index contributed by atoms with van der Waals surface area (Å²) >= 11 is 6.44. The molecule has 0 aromatic heterocycles. The number of nitrogens with zero attached hydrogens (tertiary/aromatic N) is 1. The van der Waals surface area contributed by atoms with Crippen LogP contribution in [-0.2, 0) is 0 Å². The number of carbonyl (C=O) groups is 1. The fourth-order valence-corrected chi connectivity index (χ4v) is 2.17. The molecular formula is C13H8Br2N2O3. The highest BCUT2D eigenvalue weighted by Crippen LogP contribution is 2.28. The van der Waals surface area contributed by atoms with Crippen molar-refractivity contribution < 1.29 is 9.72 Å². The molecule has 1 N–H and O–H groups in total. The Bertz CT molecular complexity index is 672. The van der Waals surface area contributed by atoms with Crippen molar-refractivity contribution in [2.45, 2.75) is 0 Å². The molecule has 7 heteroatoms. The van der Waals surface area contributed by atoms with E-state index in [2.05, 4.69) is 37.2 Å². The van der Waals surface area contributed by atoms with Crippen LogP contribution in [0, 0.1) is 10.1 Å². The van der Waals surface area contributed by atoms with Gasteiger partial charge in [-0.2, -0.15) is 0 Å². The standard InChI is InChI=1S/C13H8Br2N2O3/c14-9-3-1-8(2-4-9)13(18)16-11-6-5-10(15)7-12(11)17(19)20/h1-7H,(H,16,18). The van der Waals surface area contributed by atoms with Crippen molar-refractivity contribution in [3.63, 3.8) is 0 Å². The third-order valence-corrected chi connectivity index (χ3v) is 3.53. The van der Waals surface area contributed by atoms with E-state index in [9.17, 15) is 14.9 Å². The minimum Gasteiger partial charge on any atom is -0.316 e. The van der Waals surface area contributed by atoms with Crippen LogP contribution in [0.15, 0.2) is 51.4 Å². The highest BCUT2D eigenvalue weighted by Gasteiger charge is 2.17. The Morgan fingerprint density at radius 2 is 1.65 bits per heavy atom. The van der Waals surface area contributed by atoms with Crippen LogP contribution in [0.2, 0.25) is 0 Å². The zero-order valence-electron chi connectivity index (χ0n) is 9.97. The molecule has 0 saturated carbocycles. The summed E-state index contributed by atoms with van der Waals surface area (Å²) in [5.74, 6) is -0.400. The van der Waals surface area contributed by atoms with Crippen molar-refractivity contribution in [3.8, 4) is 0 Å². The van der Waals surface area contributed by atoms with Crippen molar-refractivity contribution in [1.82, 2.24) is 0 Å². The maximum absolute atomic E-state index is 12.0. The number of benzene rings is 2. The maximum atomic E-state index is 12.0. The molecule has 5 nitrogen and oxygen atoms in total. The van der Waals surface area contributed by atoms with Crippen LogP contribution >= 0.6 is 31.9 Å². The molecule has 102 valence electrons. The summed E-state index contributed by atoms with van der Waals surface area (Å²) in [4.78, 5) is 22.4. The van der Waals surface area contributed by atoms with Crippen LogP contribution in [0.4, 0.5) is 11.4 Å². The van der Waals surface area contributed by atoms with Gasteiger partial charge in [-0.3, -0.25) is 14.9 Å². The molecule has 0 saturated heterocycles. The van der Waals surface area contributed by atoms with Gasteiger partial charge in [0.05, 0.1) is 4.92 Å². The van der Waals surface area contributed by atoms with E-state index in [0.29, 0.717) is 10.0 Å². The number of halogens is 2. The van der Waals surface area contributed by atoms with Crippen LogP contribution in [0.25, 0.3) is 0 Å². The molecule has 0 fully saturated rings. The summed E-state index contributed by atoms with van der Waals surface area (Å²) in [7, 11) is 0. The quantitative estimate of drug-likeness (QED) is 0.615. The van der Waals surface area contributed by atoms with Crippen LogP contribution in [0.5, 0.6) is 0 Å². The molecule has 0 unspecified atom stereocenters. The summed E-state index contributed by atoms with van der Waals surface area (Å²) in [5, 5.41) is 13.5. The Morgan fingerprint density at radius 1 is 1.05 bits per heavy atom. The summed E-state index contributed by atoms with van der Waals surface area (Å²) in [5.41, 5.74) is 0.418. The minimum absolute atomic E-state index is 0.158. The minimum atomic E-state index is -0.540. The number of hydrogen-bond acceptors (Lipinski definition) is 3. The van der Waals surface area contributed by atoms with Crippen molar-refractivity contribution in [3.05, 3.63) is 67.1 Å². The van der Waals surface area contributed by atoms with Gasteiger partial charge in [-0.25, -0.2) is 0 Å². The number of nitrogens with one attached hydrogen (secondary N) is 1. The van der Waals surface area contributed by atoms with Gasteiger partial charge in [-0.05, 0) is 36.4 Å². The van der Waals surface area contributed by atoms with Gasteiger partial charge < -0.3 is 5.32 Å². The Morgan fingerprint density at radius 3 is 2.25 bits per heavy atom. The average Bonchev–Trinajstić information content (AvgIpc) is 2.41. The second-order valence-corrected chi connectivity index (χ2v) is 5.71. The van der Waals surface area contributed by atoms with E-state index in [1.807, 2.05) is 0 Å².